The number of para-hydroxylation sites is 2. The minimum Gasteiger partial charge on any atom is -0.305 e. The van der Waals surface area contributed by atoms with Crippen molar-refractivity contribution >= 4 is 21.8 Å². The van der Waals surface area contributed by atoms with Gasteiger partial charge in [-0.25, -0.2) is 4.68 Å². The van der Waals surface area contributed by atoms with Crippen LogP contribution in [-0.4, -0.2) is 20.0 Å². The second-order valence-corrected chi connectivity index (χ2v) is 5.02. The minimum atomic E-state index is -0.567. The highest BCUT2D eigenvalue weighted by molar-refractivity contribution is 5.85. The fraction of sp³-hybridized carbons (Fsp3) is 0.0625. The number of aromatic nitrogens is 4. The number of rotatable bonds is 2. The Bertz CT molecular complexity index is 1020. The summed E-state index contributed by atoms with van der Waals surface area (Å²) in [5, 5.41) is 22.6. The second kappa shape index (κ2) is 4.69. The van der Waals surface area contributed by atoms with Gasteiger partial charge in [0.25, 0.3) is 0 Å². The fourth-order valence-electron chi connectivity index (χ4n) is 2.71. The molecule has 0 radical (unpaired) electrons. The summed E-state index contributed by atoms with van der Waals surface area (Å²) in [6, 6.07) is 17.4. The van der Waals surface area contributed by atoms with E-state index >= 15 is 0 Å². The summed E-state index contributed by atoms with van der Waals surface area (Å²) >= 11 is 0. The third-order valence-electron chi connectivity index (χ3n) is 3.76. The zero-order chi connectivity index (χ0) is 15.1. The molecular formula is C16H12N6. The van der Waals surface area contributed by atoms with Crippen LogP contribution in [0.4, 0.5) is 0 Å². The van der Waals surface area contributed by atoms with Gasteiger partial charge >= 0.3 is 0 Å². The number of hydrogen-bond donors (Lipinski definition) is 2. The summed E-state index contributed by atoms with van der Waals surface area (Å²) in [7, 11) is 0. The standard InChI is InChI=1S/C16H12N6/c17-9-13-10-5-2-4-8-14(10)22(21-13)16(18)15-11-6-1-3-7-12(11)19-20-15/h1-8,16H,18H2,(H,19,20). The number of nitriles is 1. The van der Waals surface area contributed by atoms with Gasteiger partial charge in [-0.3, -0.25) is 5.10 Å². The summed E-state index contributed by atoms with van der Waals surface area (Å²) in [5.41, 5.74) is 9.18. The van der Waals surface area contributed by atoms with Gasteiger partial charge < -0.3 is 5.73 Å². The Hall–Kier alpha value is -3.17. The Morgan fingerprint density at radius 3 is 2.64 bits per heavy atom. The van der Waals surface area contributed by atoms with Gasteiger partial charge in [-0.05, 0) is 18.2 Å². The largest absolute Gasteiger partial charge is 0.305 e. The van der Waals surface area contributed by atoms with E-state index in [1.165, 1.54) is 0 Å². The Labute approximate surface area is 125 Å². The predicted octanol–water partition coefficient (Wildman–Crippen LogP) is 2.29. The molecule has 2 aromatic carbocycles. The maximum Gasteiger partial charge on any atom is 0.170 e. The third kappa shape index (κ3) is 1.70. The molecule has 3 N–H and O–H groups in total. The molecule has 0 saturated carbocycles. The number of nitrogens with one attached hydrogen (secondary N) is 1. The van der Waals surface area contributed by atoms with E-state index in [0.717, 1.165) is 21.8 Å². The van der Waals surface area contributed by atoms with Crippen LogP contribution in [0, 0.1) is 11.3 Å². The van der Waals surface area contributed by atoms with Crippen molar-refractivity contribution in [2.75, 3.05) is 0 Å². The van der Waals surface area contributed by atoms with Crippen molar-refractivity contribution in [2.24, 2.45) is 5.73 Å². The Balaban J connectivity index is 1.94. The summed E-state index contributed by atoms with van der Waals surface area (Å²) in [5.74, 6) is 0. The van der Waals surface area contributed by atoms with E-state index in [0.29, 0.717) is 11.4 Å². The maximum absolute atomic E-state index is 9.24. The van der Waals surface area contributed by atoms with Crippen molar-refractivity contribution in [1.82, 2.24) is 20.0 Å². The Morgan fingerprint density at radius 1 is 1.09 bits per heavy atom. The van der Waals surface area contributed by atoms with E-state index in [1.54, 1.807) is 4.68 Å². The molecule has 0 bridgehead atoms. The van der Waals surface area contributed by atoms with Crippen molar-refractivity contribution in [2.45, 2.75) is 6.17 Å². The monoisotopic (exact) mass is 288 g/mol. The number of aromatic amines is 1. The van der Waals surface area contributed by atoms with Gasteiger partial charge in [0.2, 0.25) is 0 Å². The SMILES string of the molecule is N#Cc1nn(C(N)c2n[nH]c3ccccc23)c2ccccc12. The van der Waals surface area contributed by atoms with E-state index in [1.807, 2.05) is 48.5 Å². The molecule has 1 atom stereocenters. The molecule has 22 heavy (non-hydrogen) atoms. The first-order valence-corrected chi connectivity index (χ1v) is 6.85. The summed E-state index contributed by atoms with van der Waals surface area (Å²) in [6.45, 7) is 0. The number of fused-ring (bicyclic) bond motifs is 2. The van der Waals surface area contributed by atoms with Crippen molar-refractivity contribution in [3.63, 3.8) is 0 Å². The van der Waals surface area contributed by atoms with E-state index < -0.39 is 6.17 Å². The van der Waals surface area contributed by atoms with Gasteiger partial charge in [0.1, 0.15) is 17.9 Å². The van der Waals surface area contributed by atoms with Crippen LogP contribution in [0.25, 0.3) is 21.8 Å². The summed E-state index contributed by atoms with van der Waals surface area (Å²) < 4.78 is 1.65. The molecule has 6 heteroatoms. The highest BCUT2D eigenvalue weighted by Crippen LogP contribution is 2.25. The van der Waals surface area contributed by atoms with E-state index in [4.69, 9.17) is 5.73 Å². The topological polar surface area (TPSA) is 96.3 Å². The van der Waals surface area contributed by atoms with Crippen LogP contribution in [0.1, 0.15) is 17.6 Å². The van der Waals surface area contributed by atoms with Crippen molar-refractivity contribution < 1.29 is 0 Å². The van der Waals surface area contributed by atoms with Crippen molar-refractivity contribution in [3.05, 3.63) is 59.9 Å². The van der Waals surface area contributed by atoms with Crippen LogP contribution in [0.15, 0.2) is 48.5 Å². The first-order valence-electron chi connectivity index (χ1n) is 6.85. The zero-order valence-corrected chi connectivity index (χ0v) is 11.6. The number of nitrogens with two attached hydrogens (primary N) is 1. The Kier molecular flexibility index (Phi) is 2.68. The number of hydrogen-bond acceptors (Lipinski definition) is 4. The van der Waals surface area contributed by atoms with Crippen LogP contribution in [0.2, 0.25) is 0 Å². The molecule has 2 aromatic heterocycles. The molecule has 4 rings (SSSR count). The lowest BCUT2D eigenvalue weighted by molar-refractivity contribution is 0.547. The van der Waals surface area contributed by atoms with Crippen LogP contribution in [0.5, 0.6) is 0 Å². The van der Waals surface area contributed by atoms with Gasteiger partial charge in [-0.2, -0.15) is 15.5 Å². The molecule has 106 valence electrons. The lowest BCUT2D eigenvalue weighted by Gasteiger charge is -2.11. The first-order chi connectivity index (χ1) is 10.8. The van der Waals surface area contributed by atoms with Crippen LogP contribution in [-0.2, 0) is 0 Å². The second-order valence-electron chi connectivity index (χ2n) is 5.02. The summed E-state index contributed by atoms with van der Waals surface area (Å²) in [4.78, 5) is 0. The number of nitrogens with zero attached hydrogens (tertiary/aromatic N) is 4. The smallest absolute Gasteiger partial charge is 0.170 e. The van der Waals surface area contributed by atoms with Gasteiger partial charge in [-0.15, -0.1) is 0 Å². The van der Waals surface area contributed by atoms with Gasteiger partial charge in [0.15, 0.2) is 5.69 Å². The lowest BCUT2D eigenvalue weighted by Crippen LogP contribution is -2.21. The van der Waals surface area contributed by atoms with E-state index in [2.05, 4.69) is 21.4 Å². The molecule has 0 aliphatic carbocycles. The molecule has 0 amide bonds. The fourth-order valence-corrected chi connectivity index (χ4v) is 2.71. The van der Waals surface area contributed by atoms with Gasteiger partial charge in [0, 0.05) is 10.8 Å². The molecule has 0 aliphatic rings. The zero-order valence-electron chi connectivity index (χ0n) is 11.6. The molecule has 2 heterocycles. The lowest BCUT2D eigenvalue weighted by atomic mass is 10.2. The number of benzene rings is 2. The molecule has 4 aromatic rings. The van der Waals surface area contributed by atoms with Gasteiger partial charge in [0.05, 0.1) is 11.0 Å². The van der Waals surface area contributed by atoms with E-state index in [-0.39, 0.29) is 0 Å². The average Bonchev–Trinajstić information content (AvgIpc) is 3.16. The first kappa shape index (κ1) is 12.6. The minimum absolute atomic E-state index is 0.367. The van der Waals surface area contributed by atoms with Crippen LogP contribution < -0.4 is 5.73 Å². The van der Waals surface area contributed by atoms with Crippen LogP contribution >= 0.6 is 0 Å². The molecule has 0 fully saturated rings. The van der Waals surface area contributed by atoms with Gasteiger partial charge in [-0.1, -0.05) is 30.3 Å². The Morgan fingerprint density at radius 2 is 1.82 bits per heavy atom. The normalized spacial score (nSPS) is 12.5. The highest BCUT2D eigenvalue weighted by atomic mass is 15.4. The average molecular weight is 288 g/mol. The molecule has 1 unspecified atom stereocenters. The molecule has 0 aliphatic heterocycles. The van der Waals surface area contributed by atoms with Crippen molar-refractivity contribution in [1.29, 1.82) is 5.26 Å². The molecule has 6 nitrogen and oxygen atoms in total. The van der Waals surface area contributed by atoms with E-state index in [9.17, 15) is 5.26 Å². The van der Waals surface area contributed by atoms with Crippen LogP contribution in [0.3, 0.4) is 0 Å². The third-order valence-corrected chi connectivity index (χ3v) is 3.76. The summed E-state index contributed by atoms with van der Waals surface area (Å²) in [6.07, 6.45) is -0.567. The predicted molar refractivity (Wildman–Crippen MR) is 82.9 cm³/mol. The molecular weight excluding hydrogens is 276 g/mol. The number of H-pyrrole nitrogens is 1. The quantitative estimate of drug-likeness (QED) is 0.591. The van der Waals surface area contributed by atoms with Crippen molar-refractivity contribution in [3.8, 4) is 6.07 Å². The maximum atomic E-state index is 9.24. The molecule has 0 saturated heterocycles. The molecule has 0 spiro atoms. The highest BCUT2D eigenvalue weighted by Gasteiger charge is 2.20.